The number of hydrogen-bond donors (Lipinski definition) is 1. The van der Waals surface area contributed by atoms with Crippen LogP contribution in [0.5, 0.6) is 0 Å². The number of benzene rings is 1. The van der Waals surface area contributed by atoms with Crippen LogP contribution in [0.25, 0.3) is 0 Å². The van der Waals surface area contributed by atoms with E-state index in [1.807, 2.05) is 13.0 Å². The van der Waals surface area contributed by atoms with E-state index in [2.05, 4.69) is 10.3 Å². The van der Waals surface area contributed by atoms with E-state index in [9.17, 15) is 9.18 Å². The van der Waals surface area contributed by atoms with E-state index in [1.54, 1.807) is 24.4 Å². The van der Waals surface area contributed by atoms with Crippen LogP contribution < -0.4 is 5.32 Å². The SMILES string of the molecule is Cc1cc(C(=O)NC2(c3cccc(F)c3)CCOCC2)ccn1. The Kier molecular flexibility index (Phi) is 4.39. The zero-order valence-corrected chi connectivity index (χ0v) is 13.0. The maximum atomic E-state index is 13.7. The molecule has 3 rings (SSSR count). The molecule has 2 aromatic rings. The minimum Gasteiger partial charge on any atom is -0.381 e. The minimum atomic E-state index is -0.603. The van der Waals surface area contributed by atoms with Crippen LogP contribution in [0.1, 0.15) is 34.5 Å². The fourth-order valence-electron chi connectivity index (χ4n) is 2.97. The van der Waals surface area contributed by atoms with Gasteiger partial charge in [-0.3, -0.25) is 9.78 Å². The molecule has 0 bridgehead atoms. The number of halogens is 1. The molecule has 23 heavy (non-hydrogen) atoms. The number of nitrogens with one attached hydrogen (secondary N) is 1. The molecule has 1 saturated heterocycles. The number of carbonyl (C=O) groups excluding carboxylic acids is 1. The molecule has 0 aliphatic carbocycles. The van der Waals surface area contributed by atoms with Gasteiger partial charge in [0.15, 0.2) is 0 Å². The third-order valence-electron chi connectivity index (χ3n) is 4.24. The lowest BCUT2D eigenvalue weighted by atomic mass is 9.82. The Balaban J connectivity index is 1.92. The summed E-state index contributed by atoms with van der Waals surface area (Å²) >= 11 is 0. The van der Waals surface area contributed by atoms with Crippen molar-refractivity contribution < 1.29 is 13.9 Å². The average Bonchev–Trinajstić information content (AvgIpc) is 2.56. The van der Waals surface area contributed by atoms with E-state index in [1.165, 1.54) is 12.1 Å². The van der Waals surface area contributed by atoms with Gasteiger partial charge in [0.1, 0.15) is 5.82 Å². The lowest BCUT2D eigenvalue weighted by molar-refractivity contribution is 0.0344. The quantitative estimate of drug-likeness (QED) is 0.947. The highest BCUT2D eigenvalue weighted by Crippen LogP contribution is 2.33. The van der Waals surface area contributed by atoms with Gasteiger partial charge in [-0.05, 0) is 49.6 Å². The summed E-state index contributed by atoms with van der Waals surface area (Å²) in [5.74, 6) is -0.482. The maximum Gasteiger partial charge on any atom is 0.252 e. The van der Waals surface area contributed by atoms with Crippen molar-refractivity contribution >= 4 is 5.91 Å². The van der Waals surface area contributed by atoms with Crippen LogP contribution in [0.2, 0.25) is 0 Å². The van der Waals surface area contributed by atoms with E-state index in [4.69, 9.17) is 4.74 Å². The number of hydrogen-bond acceptors (Lipinski definition) is 3. The normalized spacial score (nSPS) is 16.8. The Morgan fingerprint density at radius 3 is 2.74 bits per heavy atom. The lowest BCUT2D eigenvalue weighted by Crippen LogP contribution is -2.49. The number of nitrogens with zero attached hydrogens (tertiary/aromatic N) is 1. The predicted octanol–water partition coefficient (Wildman–Crippen LogP) is 2.96. The van der Waals surface area contributed by atoms with Crippen molar-refractivity contribution in [2.45, 2.75) is 25.3 Å². The summed E-state index contributed by atoms with van der Waals surface area (Å²) in [7, 11) is 0. The van der Waals surface area contributed by atoms with E-state index in [0.717, 1.165) is 11.3 Å². The molecule has 1 aromatic carbocycles. The Hall–Kier alpha value is -2.27. The van der Waals surface area contributed by atoms with Crippen LogP contribution in [0, 0.1) is 12.7 Å². The number of rotatable bonds is 3. The number of aryl methyl sites for hydroxylation is 1. The van der Waals surface area contributed by atoms with Crippen molar-refractivity contribution in [3.05, 3.63) is 65.2 Å². The zero-order valence-electron chi connectivity index (χ0n) is 13.0. The molecule has 4 nitrogen and oxygen atoms in total. The molecule has 1 amide bonds. The fourth-order valence-corrected chi connectivity index (χ4v) is 2.97. The maximum absolute atomic E-state index is 13.7. The summed E-state index contributed by atoms with van der Waals surface area (Å²) in [5.41, 5.74) is 1.51. The van der Waals surface area contributed by atoms with Gasteiger partial charge in [-0.2, -0.15) is 0 Å². The highest BCUT2D eigenvalue weighted by molar-refractivity contribution is 5.94. The molecule has 1 aliphatic heterocycles. The Morgan fingerprint density at radius 1 is 1.26 bits per heavy atom. The first-order chi connectivity index (χ1) is 11.1. The predicted molar refractivity (Wildman–Crippen MR) is 84.6 cm³/mol. The van der Waals surface area contributed by atoms with Gasteiger partial charge in [-0.25, -0.2) is 4.39 Å². The van der Waals surface area contributed by atoms with Gasteiger partial charge in [0, 0.05) is 30.7 Å². The van der Waals surface area contributed by atoms with E-state index in [0.29, 0.717) is 31.6 Å². The van der Waals surface area contributed by atoms with Gasteiger partial charge in [0.25, 0.3) is 5.91 Å². The Labute approximate surface area is 134 Å². The van der Waals surface area contributed by atoms with Crippen LogP contribution in [0.3, 0.4) is 0 Å². The Bertz CT molecular complexity index is 712. The second kappa shape index (κ2) is 6.46. The molecule has 1 aliphatic rings. The smallest absolute Gasteiger partial charge is 0.252 e. The van der Waals surface area contributed by atoms with Gasteiger partial charge in [-0.15, -0.1) is 0 Å². The molecule has 0 atom stereocenters. The van der Waals surface area contributed by atoms with Crippen molar-refractivity contribution in [3.8, 4) is 0 Å². The first-order valence-electron chi connectivity index (χ1n) is 7.68. The van der Waals surface area contributed by atoms with Gasteiger partial charge >= 0.3 is 0 Å². The second-order valence-corrected chi connectivity index (χ2v) is 5.84. The highest BCUT2D eigenvalue weighted by atomic mass is 19.1. The third-order valence-corrected chi connectivity index (χ3v) is 4.24. The largest absolute Gasteiger partial charge is 0.381 e. The number of amides is 1. The molecule has 5 heteroatoms. The monoisotopic (exact) mass is 314 g/mol. The first-order valence-corrected chi connectivity index (χ1v) is 7.68. The molecular weight excluding hydrogens is 295 g/mol. The number of carbonyl (C=O) groups is 1. The van der Waals surface area contributed by atoms with Gasteiger partial charge in [-0.1, -0.05) is 12.1 Å². The standard InChI is InChI=1S/C18H19FN2O2/c1-13-11-14(5-8-20-13)17(22)21-18(6-9-23-10-7-18)15-3-2-4-16(19)12-15/h2-5,8,11-12H,6-7,9-10H2,1H3,(H,21,22). The highest BCUT2D eigenvalue weighted by Gasteiger charge is 2.36. The van der Waals surface area contributed by atoms with E-state index < -0.39 is 5.54 Å². The number of aromatic nitrogens is 1. The summed E-state index contributed by atoms with van der Waals surface area (Å²) in [6.07, 6.45) is 2.85. The minimum absolute atomic E-state index is 0.179. The molecular formula is C18H19FN2O2. The molecule has 1 N–H and O–H groups in total. The van der Waals surface area contributed by atoms with E-state index >= 15 is 0 Å². The summed E-state index contributed by atoms with van der Waals surface area (Å²) < 4.78 is 19.1. The lowest BCUT2D eigenvalue weighted by Gasteiger charge is -2.38. The fraction of sp³-hybridized carbons (Fsp3) is 0.333. The van der Waals surface area contributed by atoms with Crippen LogP contribution in [0.15, 0.2) is 42.6 Å². The van der Waals surface area contributed by atoms with Gasteiger partial charge in [0.2, 0.25) is 0 Å². The van der Waals surface area contributed by atoms with Crippen molar-refractivity contribution in [1.82, 2.24) is 10.3 Å². The summed E-state index contributed by atoms with van der Waals surface area (Å²) in [4.78, 5) is 16.8. The van der Waals surface area contributed by atoms with Crippen molar-refractivity contribution in [3.63, 3.8) is 0 Å². The van der Waals surface area contributed by atoms with Crippen LogP contribution in [0.4, 0.5) is 4.39 Å². The first kappa shape index (κ1) is 15.6. The topological polar surface area (TPSA) is 51.2 Å². The molecule has 2 heterocycles. The molecule has 0 saturated carbocycles. The van der Waals surface area contributed by atoms with Crippen molar-refractivity contribution in [1.29, 1.82) is 0 Å². The third kappa shape index (κ3) is 3.40. The molecule has 0 unspecified atom stereocenters. The summed E-state index contributed by atoms with van der Waals surface area (Å²) in [5, 5.41) is 3.11. The van der Waals surface area contributed by atoms with Crippen LogP contribution >= 0.6 is 0 Å². The molecule has 0 spiro atoms. The van der Waals surface area contributed by atoms with Crippen molar-refractivity contribution in [2.24, 2.45) is 0 Å². The van der Waals surface area contributed by atoms with Crippen molar-refractivity contribution in [2.75, 3.05) is 13.2 Å². The number of ether oxygens (including phenoxy) is 1. The average molecular weight is 314 g/mol. The van der Waals surface area contributed by atoms with Gasteiger partial charge in [0.05, 0.1) is 5.54 Å². The molecule has 0 radical (unpaired) electrons. The summed E-state index contributed by atoms with van der Waals surface area (Å²) in [6, 6.07) is 9.85. The summed E-state index contributed by atoms with van der Waals surface area (Å²) in [6.45, 7) is 2.91. The number of pyridine rings is 1. The zero-order chi connectivity index (χ0) is 16.3. The van der Waals surface area contributed by atoms with Crippen LogP contribution in [-0.4, -0.2) is 24.1 Å². The second-order valence-electron chi connectivity index (χ2n) is 5.84. The Morgan fingerprint density at radius 2 is 2.04 bits per heavy atom. The van der Waals surface area contributed by atoms with E-state index in [-0.39, 0.29) is 11.7 Å². The van der Waals surface area contributed by atoms with Gasteiger partial charge < -0.3 is 10.1 Å². The molecule has 120 valence electrons. The molecule has 1 fully saturated rings. The molecule has 1 aromatic heterocycles. The van der Waals surface area contributed by atoms with Crippen LogP contribution in [-0.2, 0) is 10.3 Å².